The van der Waals surface area contributed by atoms with Crippen molar-refractivity contribution in [1.29, 1.82) is 0 Å². The van der Waals surface area contributed by atoms with Crippen LogP contribution in [0.2, 0.25) is 5.02 Å². The maximum Gasteiger partial charge on any atom is 0.0462 e. The van der Waals surface area contributed by atoms with Gasteiger partial charge in [0.05, 0.1) is 0 Å². The fraction of sp³-hybridized carbons (Fsp3) is 0.600. The van der Waals surface area contributed by atoms with Gasteiger partial charge in [-0.15, -0.1) is 0 Å². The van der Waals surface area contributed by atoms with Gasteiger partial charge in [0.15, 0.2) is 0 Å². The van der Waals surface area contributed by atoms with E-state index in [4.69, 9.17) is 11.6 Å². The van der Waals surface area contributed by atoms with Gasteiger partial charge in [-0.3, -0.25) is 0 Å². The lowest BCUT2D eigenvalue weighted by molar-refractivity contribution is 0.561. The van der Waals surface area contributed by atoms with Gasteiger partial charge >= 0.3 is 0 Å². The van der Waals surface area contributed by atoms with E-state index in [0.717, 1.165) is 37.1 Å². The van der Waals surface area contributed by atoms with Crippen LogP contribution < -0.4 is 10.2 Å². The molecule has 96 valence electrons. The molecule has 0 radical (unpaired) electrons. The normalized spacial score (nSPS) is 29.7. The number of hydrogen-bond acceptors (Lipinski definition) is 2. The summed E-state index contributed by atoms with van der Waals surface area (Å²) < 4.78 is 0. The predicted octanol–water partition coefficient (Wildman–Crippen LogP) is 2.94. The lowest BCUT2D eigenvalue weighted by Gasteiger charge is -2.30. The molecule has 4 rings (SSSR count). The zero-order valence-corrected chi connectivity index (χ0v) is 11.3. The number of nitrogens with one attached hydrogen (secondary N) is 1. The predicted molar refractivity (Wildman–Crippen MR) is 75.8 cm³/mol. The van der Waals surface area contributed by atoms with E-state index in [1.807, 2.05) is 0 Å². The summed E-state index contributed by atoms with van der Waals surface area (Å²) in [7, 11) is 0. The smallest absolute Gasteiger partial charge is 0.0462 e. The maximum absolute atomic E-state index is 6.51. The summed E-state index contributed by atoms with van der Waals surface area (Å²) in [6, 6.07) is 5.08. The zero-order valence-electron chi connectivity index (χ0n) is 10.6. The average molecular weight is 263 g/mol. The highest BCUT2D eigenvalue weighted by Crippen LogP contribution is 2.53. The van der Waals surface area contributed by atoms with E-state index >= 15 is 0 Å². The van der Waals surface area contributed by atoms with Gasteiger partial charge in [0.1, 0.15) is 0 Å². The van der Waals surface area contributed by atoms with Crippen LogP contribution in [0.15, 0.2) is 12.1 Å². The van der Waals surface area contributed by atoms with Crippen molar-refractivity contribution < 1.29 is 0 Å². The van der Waals surface area contributed by atoms with Crippen LogP contribution in [-0.4, -0.2) is 25.7 Å². The van der Waals surface area contributed by atoms with Gasteiger partial charge in [0.25, 0.3) is 0 Å². The number of halogens is 1. The third-order valence-corrected chi connectivity index (χ3v) is 5.22. The largest absolute Gasteiger partial charge is 0.366 e. The van der Waals surface area contributed by atoms with Crippen LogP contribution in [0.4, 0.5) is 5.69 Å². The average Bonchev–Trinajstić information content (AvgIpc) is 2.89. The summed E-state index contributed by atoms with van der Waals surface area (Å²) >= 11 is 6.51. The summed E-state index contributed by atoms with van der Waals surface area (Å²) in [4.78, 5) is 2.65. The van der Waals surface area contributed by atoms with Crippen molar-refractivity contribution in [3.8, 4) is 0 Å². The number of rotatable bonds is 0. The number of nitrogens with zero attached hydrogens (tertiary/aromatic N) is 1. The van der Waals surface area contributed by atoms with Crippen molar-refractivity contribution in [3.05, 3.63) is 28.3 Å². The van der Waals surface area contributed by atoms with E-state index in [1.54, 1.807) is 0 Å². The van der Waals surface area contributed by atoms with Gasteiger partial charge in [-0.1, -0.05) is 24.1 Å². The molecule has 1 saturated carbocycles. The number of hydrogen-bond donors (Lipinski definition) is 1. The molecule has 3 aliphatic rings. The van der Waals surface area contributed by atoms with Crippen molar-refractivity contribution in [2.24, 2.45) is 0 Å². The van der Waals surface area contributed by atoms with Crippen LogP contribution in [0.3, 0.4) is 0 Å². The molecule has 1 aromatic rings. The Bertz CT molecular complexity index is 486. The van der Waals surface area contributed by atoms with Crippen LogP contribution in [-0.2, 0) is 6.42 Å². The second kappa shape index (κ2) is 4.14. The monoisotopic (exact) mass is 262 g/mol. The molecule has 2 heterocycles. The standard InChI is InChI=1S/C15H19ClN2/c16-12-5-4-10-6-7-17-8-9-18-13-3-1-2-11(13)14(12)15(10)18/h4-5,11,13,17H,1-3,6-9H2. The van der Waals surface area contributed by atoms with Crippen LogP contribution in [0.25, 0.3) is 0 Å². The highest BCUT2D eigenvalue weighted by Gasteiger charge is 2.43. The minimum atomic E-state index is 0.700. The molecule has 1 aromatic carbocycles. The van der Waals surface area contributed by atoms with E-state index in [1.165, 1.54) is 36.1 Å². The Morgan fingerprint density at radius 2 is 2.17 bits per heavy atom. The van der Waals surface area contributed by atoms with Crippen LogP contribution in [0.1, 0.15) is 36.3 Å². The second-order valence-electron chi connectivity index (χ2n) is 5.77. The van der Waals surface area contributed by atoms with Gasteiger partial charge in [0, 0.05) is 35.8 Å². The second-order valence-corrected chi connectivity index (χ2v) is 6.17. The van der Waals surface area contributed by atoms with E-state index in [-0.39, 0.29) is 0 Å². The minimum Gasteiger partial charge on any atom is -0.366 e. The van der Waals surface area contributed by atoms with Gasteiger partial charge in [-0.25, -0.2) is 0 Å². The van der Waals surface area contributed by atoms with Gasteiger partial charge in [0.2, 0.25) is 0 Å². The first kappa shape index (κ1) is 11.1. The Labute approximate surface area is 113 Å². The summed E-state index contributed by atoms with van der Waals surface area (Å²) in [5, 5.41) is 4.54. The third kappa shape index (κ3) is 1.45. The first-order valence-corrected chi connectivity index (χ1v) is 7.52. The first-order chi connectivity index (χ1) is 8.86. The number of fused-ring (bicyclic) bond motifs is 3. The van der Waals surface area contributed by atoms with Gasteiger partial charge in [-0.2, -0.15) is 0 Å². The molecule has 18 heavy (non-hydrogen) atoms. The van der Waals surface area contributed by atoms with Crippen LogP contribution >= 0.6 is 11.6 Å². The quantitative estimate of drug-likeness (QED) is 0.773. The van der Waals surface area contributed by atoms with Crippen molar-refractivity contribution in [2.45, 2.75) is 37.6 Å². The topological polar surface area (TPSA) is 15.3 Å². The van der Waals surface area contributed by atoms with Crippen molar-refractivity contribution in [1.82, 2.24) is 5.32 Å². The lowest BCUT2D eigenvalue weighted by Crippen LogP contribution is -2.39. The van der Waals surface area contributed by atoms with E-state index in [2.05, 4.69) is 22.3 Å². The molecule has 1 aliphatic carbocycles. The maximum atomic E-state index is 6.51. The Hall–Kier alpha value is -0.730. The molecule has 0 spiro atoms. The fourth-order valence-electron chi connectivity index (χ4n) is 4.16. The fourth-order valence-corrected chi connectivity index (χ4v) is 4.46. The van der Waals surface area contributed by atoms with E-state index in [9.17, 15) is 0 Å². The number of anilines is 1. The highest BCUT2D eigenvalue weighted by molar-refractivity contribution is 6.32. The molecule has 1 fully saturated rings. The summed E-state index contributed by atoms with van der Waals surface area (Å²) in [5.41, 5.74) is 4.47. The molecular weight excluding hydrogens is 244 g/mol. The molecule has 2 nitrogen and oxygen atoms in total. The third-order valence-electron chi connectivity index (χ3n) is 4.89. The molecule has 0 saturated heterocycles. The zero-order chi connectivity index (χ0) is 12.1. The SMILES string of the molecule is Clc1ccc2c3c1C1CCCC1N3CCNCC2. The summed E-state index contributed by atoms with van der Waals surface area (Å²) in [6.45, 7) is 3.34. The van der Waals surface area contributed by atoms with Crippen LogP contribution in [0.5, 0.6) is 0 Å². The molecule has 2 atom stereocenters. The first-order valence-electron chi connectivity index (χ1n) is 7.15. The van der Waals surface area contributed by atoms with Crippen molar-refractivity contribution >= 4 is 17.3 Å². The highest BCUT2D eigenvalue weighted by atomic mass is 35.5. The lowest BCUT2D eigenvalue weighted by atomic mass is 9.95. The molecule has 0 amide bonds. The van der Waals surface area contributed by atoms with Crippen LogP contribution in [0, 0.1) is 0 Å². The summed E-state index contributed by atoms with van der Waals surface area (Å²) in [6.07, 6.45) is 5.16. The Morgan fingerprint density at radius 1 is 1.22 bits per heavy atom. The van der Waals surface area contributed by atoms with E-state index < -0.39 is 0 Å². The minimum absolute atomic E-state index is 0.700. The Balaban J connectivity index is 1.91. The Morgan fingerprint density at radius 3 is 3.11 bits per heavy atom. The number of benzene rings is 1. The van der Waals surface area contributed by atoms with Gasteiger partial charge < -0.3 is 10.2 Å². The molecule has 3 heteroatoms. The van der Waals surface area contributed by atoms with Crippen molar-refractivity contribution in [2.75, 3.05) is 24.5 Å². The molecule has 2 aliphatic heterocycles. The van der Waals surface area contributed by atoms with Gasteiger partial charge in [-0.05, 0) is 43.0 Å². The molecule has 0 aromatic heterocycles. The molecule has 2 unspecified atom stereocenters. The molecular formula is C15H19ClN2. The Kier molecular flexibility index (Phi) is 2.56. The summed E-state index contributed by atoms with van der Waals surface area (Å²) in [5.74, 6) is 0.700. The van der Waals surface area contributed by atoms with E-state index in [0.29, 0.717) is 5.92 Å². The molecule has 0 bridgehead atoms. The van der Waals surface area contributed by atoms with Crippen molar-refractivity contribution in [3.63, 3.8) is 0 Å². The molecule has 1 N–H and O–H groups in total.